The molecule has 1 spiro atoms. The van der Waals surface area contributed by atoms with E-state index in [1.165, 1.54) is 121 Å². The molecule has 12 aromatic carbocycles. The Morgan fingerprint density at radius 3 is 1.34 bits per heavy atom. The first-order valence-electron chi connectivity index (χ1n) is 25.0. The Bertz CT molecular complexity index is 4110. The van der Waals surface area contributed by atoms with Crippen LogP contribution in [-0.2, 0) is 10.8 Å². The van der Waals surface area contributed by atoms with Gasteiger partial charge in [0.25, 0.3) is 0 Å². The van der Waals surface area contributed by atoms with Crippen LogP contribution in [0.2, 0.25) is 0 Å². The molecule has 12 aromatic rings. The van der Waals surface area contributed by atoms with Gasteiger partial charge in [-0.05, 0) is 152 Å². The van der Waals surface area contributed by atoms with Gasteiger partial charge in [0.15, 0.2) is 0 Å². The van der Waals surface area contributed by atoms with Crippen LogP contribution in [0.4, 0.5) is 17.1 Å². The van der Waals surface area contributed by atoms with E-state index in [0.29, 0.717) is 0 Å². The molecule has 1 nitrogen and oxygen atoms in total. The Labute approximate surface area is 414 Å². The summed E-state index contributed by atoms with van der Waals surface area (Å²) in [6.45, 7) is 4.73. The van der Waals surface area contributed by atoms with E-state index in [1.807, 2.05) is 0 Å². The molecule has 71 heavy (non-hydrogen) atoms. The molecule has 0 atom stereocenters. The average molecular weight is 902 g/mol. The van der Waals surface area contributed by atoms with Crippen LogP contribution >= 0.6 is 0 Å². The predicted molar refractivity (Wildman–Crippen MR) is 298 cm³/mol. The van der Waals surface area contributed by atoms with E-state index >= 15 is 0 Å². The molecule has 0 aliphatic heterocycles. The fourth-order valence-corrected chi connectivity index (χ4v) is 13.4. The monoisotopic (exact) mass is 901 g/mol. The third kappa shape index (κ3) is 5.46. The molecule has 3 aliphatic carbocycles. The lowest BCUT2D eigenvalue weighted by Gasteiger charge is -2.33. The highest BCUT2D eigenvalue weighted by molar-refractivity contribution is 6.26. The summed E-state index contributed by atoms with van der Waals surface area (Å²) in [7, 11) is 0. The van der Waals surface area contributed by atoms with Crippen molar-refractivity contribution in [1.29, 1.82) is 0 Å². The lowest BCUT2D eigenvalue weighted by atomic mass is 9.70. The Morgan fingerprint density at radius 1 is 0.268 bits per heavy atom. The summed E-state index contributed by atoms with van der Waals surface area (Å²) in [6.07, 6.45) is 0. The van der Waals surface area contributed by atoms with E-state index in [0.717, 1.165) is 17.1 Å². The molecular weight excluding hydrogens is 855 g/mol. The number of rotatable bonds is 5. The third-order valence-electron chi connectivity index (χ3n) is 16.5. The van der Waals surface area contributed by atoms with Gasteiger partial charge in [-0.3, -0.25) is 0 Å². The van der Waals surface area contributed by atoms with Crippen LogP contribution in [0.25, 0.3) is 88.0 Å². The van der Waals surface area contributed by atoms with Gasteiger partial charge in [-0.15, -0.1) is 0 Å². The minimum atomic E-state index is -0.505. The molecule has 0 saturated heterocycles. The first-order chi connectivity index (χ1) is 35.0. The van der Waals surface area contributed by atoms with Crippen LogP contribution in [0.5, 0.6) is 0 Å². The zero-order chi connectivity index (χ0) is 47.0. The van der Waals surface area contributed by atoms with Crippen molar-refractivity contribution in [2.45, 2.75) is 24.7 Å². The van der Waals surface area contributed by atoms with E-state index in [-0.39, 0.29) is 5.41 Å². The van der Waals surface area contributed by atoms with Gasteiger partial charge in [0, 0.05) is 22.4 Å². The number of benzene rings is 12. The van der Waals surface area contributed by atoms with Crippen molar-refractivity contribution >= 4 is 49.4 Å². The van der Waals surface area contributed by atoms with E-state index in [1.54, 1.807) is 0 Å². The maximum absolute atomic E-state index is 2.57. The largest absolute Gasteiger partial charge is 0.310 e. The van der Waals surface area contributed by atoms with Crippen molar-refractivity contribution in [3.05, 3.63) is 282 Å². The highest BCUT2D eigenvalue weighted by Crippen LogP contribution is 2.64. The molecule has 0 radical (unpaired) electrons. The molecule has 3 aliphatic rings. The molecule has 15 rings (SSSR count). The minimum Gasteiger partial charge on any atom is -0.310 e. The quantitative estimate of drug-likeness (QED) is 0.156. The van der Waals surface area contributed by atoms with Crippen molar-refractivity contribution in [3.8, 4) is 55.6 Å². The molecule has 0 bridgehead atoms. The van der Waals surface area contributed by atoms with Gasteiger partial charge in [-0.1, -0.05) is 226 Å². The van der Waals surface area contributed by atoms with Gasteiger partial charge < -0.3 is 4.90 Å². The van der Waals surface area contributed by atoms with Crippen LogP contribution in [0.3, 0.4) is 0 Å². The zero-order valence-corrected chi connectivity index (χ0v) is 39.6. The number of fused-ring (bicyclic) bond motifs is 19. The van der Waals surface area contributed by atoms with Crippen LogP contribution in [-0.4, -0.2) is 0 Å². The topological polar surface area (TPSA) is 3.24 Å². The highest BCUT2D eigenvalue weighted by Gasteiger charge is 2.52. The summed E-state index contributed by atoms with van der Waals surface area (Å²) in [4.78, 5) is 2.55. The molecule has 0 saturated carbocycles. The van der Waals surface area contributed by atoms with E-state index in [2.05, 4.69) is 267 Å². The molecule has 0 N–H and O–H groups in total. The van der Waals surface area contributed by atoms with Gasteiger partial charge in [-0.2, -0.15) is 0 Å². The summed E-state index contributed by atoms with van der Waals surface area (Å²) in [5, 5.41) is 7.57. The van der Waals surface area contributed by atoms with Crippen molar-refractivity contribution in [1.82, 2.24) is 0 Å². The van der Waals surface area contributed by atoms with Crippen LogP contribution in [0.1, 0.15) is 47.2 Å². The molecule has 0 amide bonds. The molecule has 1 heteroatoms. The van der Waals surface area contributed by atoms with E-state index in [4.69, 9.17) is 0 Å². The Kier molecular flexibility index (Phi) is 8.40. The second-order valence-corrected chi connectivity index (χ2v) is 20.3. The summed E-state index contributed by atoms with van der Waals surface area (Å²) >= 11 is 0. The number of nitrogens with zero attached hydrogens (tertiary/aromatic N) is 1. The second-order valence-electron chi connectivity index (χ2n) is 20.3. The fourth-order valence-electron chi connectivity index (χ4n) is 13.4. The second kappa shape index (κ2) is 14.9. The normalized spacial score (nSPS) is 14.0. The molecule has 0 fully saturated rings. The number of hydrogen-bond acceptors (Lipinski definition) is 1. The van der Waals surface area contributed by atoms with Crippen molar-refractivity contribution in [2.75, 3.05) is 4.90 Å². The van der Waals surface area contributed by atoms with Gasteiger partial charge in [0.1, 0.15) is 0 Å². The summed E-state index contributed by atoms with van der Waals surface area (Å²) in [6, 6.07) is 93.8. The number of anilines is 3. The first-order valence-corrected chi connectivity index (χ1v) is 25.0. The van der Waals surface area contributed by atoms with Crippen LogP contribution in [0, 0.1) is 0 Å². The first kappa shape index (κ1) is 40.1. The smallest absolute Gasteiger partial charge is 0.0726 e. The molecule has 0 aromatic heterocycles. The standard InChI is InChI=1S/C70H47N/c1-69(2)61-30-14-13-28-57(61)68-48(29-18-34-65(68)69)45-35-37-46(38-36-45)71(47-39-40-53-51-23-7-6-21-49(51)50-22-8-9-24-52(50)59(53)41-47)67-43-66-60(42-58(67)44-19-4-3-5-20-44)56-27-12-17-33-64(56)70(66)62-31-15-10-25-54(62)55-26-11-16-32-63(55)70/h3-43H,1-2H3. The molecule has 0 heterocycles. The minimum absolute atomic E-state index is 0.0803. The van der Waals surface area contributed by atoms with Gasteiger partial charge >= 0.3 is 0 Å². The van der Waals surface area contributed by atoms with Crippen molar-refractivity contribution < 1.29 is 0 Å². The average Bonchev–Trinajstić information content (AvgIpc) is 3.99. The van der Waals surface area contributed by atoms with Gasteiger partial charge in [0.05, 0.1) is 11.1 Å². The molecule has 332 valence electrons. The van der Waals surface area contributed by atoms with Gasteiger partial charge in [0.2, 0.25) is 0 Å². The molecule has 0 unspecified atom stereocenters. The van der Waals surface area contributed by atoms with Gasteiger partial charge in [-0.25, -0.2) is 0 Å². The van der Waals surface area contributed by atoms with Crippen molar-refractivity contribution in [3.63, 3.8) is 0 Å². The lowest BCUT2D eigenvalue weighted by Crippen LogP contribution is -2.26. The Hall–Kier alpha value is -8.78. The summed E-state index contributed by atoms with van der Waals surface area (Å²) in [5.74, 6) is 0. The predicted octanol–water partition coefficient (Wildman–Crippen LogP) is 18.6. The maximum atomic E-state index is 2.57. The highest BCUT2D eigenvalue weighted by atomic mass is 15.1. The van der Waals surface area contributed by atoms with E-state index < -0.39 is 5.41 Å². The van der Waals surface area contributed by atoms with E-state index in [9.17, 15) is 0 Å². The van der Waals surface area contributed by atoms with Crippen molar-refractivity contribution in [2.24, 2.45) is 0 Å². The Morgan fingerprint density at radius 2 is 0.718 bits per heavy atom. The molecular formula is C70H47N. The summed E-state index contributed by atoms with van der Waals surface area (Å²) < 4.78 is 0. The zero-order valence-electron chi connectivity index (χ0n) is 39.6. The van der Waals surface area contributed by atoms with Crippen LogP contribution < -0.4 is 4.90 Å². The lowest BCUT2D eigenvalue weighted by molar-refractivity contribution is 0.660. The number of hydrogen-bond donors (Lipinski definition) is 0. The maximum Gasteiger partial charge on any atom is 0.0726 e. The van der Waals surface area contributed by atoms with Crippen LogP contribution in [0.15, 0.2) is 249 Å². The fraction of sp³-hybridized carbons (Fsp3) is 0.0571. The Balaban J connectivity index is 1.03. The third-order valence-corrected chi connectivity index (χ3v) is 16.5. The SMILES string of the molecule is CC1(C)c2ccccc2-c2c(-c3ccc(N(c4ccc5c6ccccc6c6ccccc6c5c4)c4cc5c(cc4-c4ccccc4)-c4ccccc4C54c5ccccc5-c5ccccc54)cc3)cccc21. The summed E-state index contributed by atoms with van der Waals surface area (Å²) in [5.41, 5.74) is 23.5.